The lowest BCUT2D eigenvalue weighted by atomic mass is 10.2. The van der Waals surface area contributed by atoms with Crippen LogP contribution in [0.1, 0.15) is 6.42 Å². The van der Waals surface area contributed by atoms with Crippen LogP contribution in [0.5, 0.6) is 5.75 Å². The van der Waals surface area contributed by atoms with Crippen LogP contribution in [0.25, 0.3) is 0 Å². The smallest absolute Gasteiger partial charge is 0.262 e. The molecular formula is C14H18N4O5S. The highest BCUT2D eigenvalue weighted by atomic mass is 32.2. The molecule has 0 spiro atoms. The number of carbonyl (C=O) groups is 2. The average Bonchev–Trinajstić information content (AvgIpc) is 2.96. The molecule has 0 radical (unpaired) electrons. The zero-order valence-corrected chi connectivity index (χ0v) is 13.8. The molecule has 1 aromatic rings. The highest BCUT2D eigenvalue weighted by Crippen LogP contribution is 2.33. The fraction of sp³-hybridized carbons (Fsp3) is 0.429. The number of benzene rings is 1. The normalized spacial score (nSPS) is 24.0. The van der Waals surface area contributed by atoms with E-state index in [-0.39, 0.29) is 36.1 Å². The minimum absolute atomic E-state index is 0.0324. The Labute approximate surface area is 139 Å². The maximum atomic E-state index is 12.9. The topological polar surface area (TPSA) is 131 Å². The number of nitrogens with two attached hydrogens (primary N) is 1. The molecule has 4 N–H and O–H groups in total. The molecule has 9 nitrogen and oxygen atoms in total. The molecule has 0 saturated carbocycles. The summed E-state index contributed by atoms with van der Waals surface area (Å²) in [5.74, 6) is -0.362. The first-order valence-electron chi connectivity index (χ1n) is 7.38. The van der Waals surface area contributed by atoms with Gasteiger partial charge in [-0.25, -0.2) is 8.42 Å². The average molecular weight is 354 g/mol. The number of nitrogens with one attached hydrogen (secondary N) is 2. The van der Waals surface area contributed by atoms with E-state index in [1.807, 2.05) is 0 Å². The molecule has 0 unspecified atom stereocenters. The van der Waals surface area contributed by atoms with E-state index >= 15 is 0 Å². The fourth-order valence-electron chi connectivity index (χ4n) is 2.87. The van der Waals surface area contributed by atoms with Crippen LogP contribution in [0.15, 0.2) is 23.1 Å². The number of fused-ring (bicyclic) bond motifs is 1. The van der Waals surface area contributed by atoms with Gasteiger partial charge in [-0.3, -0.25) is 9.59 Å². The lowest BCUT2D eigenvalue weighted by Crippen LogP contribution is -2.44. The molecule has 1 aromatic carbocycles. The maximum Gasteiger partial charge on any atom is 0.262 e. The van der Waals surface area contributed by atoms with Gasteiger partial charge < -0.3 is 21.1 Å². The van der Waals surface area contributed by atoms with Gasteiger partial charge in [-0.1, -0.05) is 0 Å². The zero-order valence-electron chi connectivity index (χ0n) is 13.0. The summed E-state index contributed by atoms with van der Waals surface area (Å²) in [4.78, 5) is 23.3. The van der Waals surface area contributed by atoms with E-state index in [2.05, 4.69) is 10.6 Å². The van der Waals surface area contributed by atoms with Crippen LogP contribution >= 0.6 is 0 Å². The van der Waals surface area contributed by atoms with Gasteiger partial charge in [0.15, 0.2) is 6.61 Å². The second kappa shape index (κ2) is 6.04. The number of sulfonamides is 1. The van der Waals surface area contributed by atoms with Gasteiger partial charge in [-0.2, -0.15) is 4.31 Å². The van der Waals surface area contributed by atoms with Crippen LogP contribution in [0.3, 0.4) is 0 Å². The standard InChI is InChI=1S/C14H18N4O5S/c1-16-14(20)11-4-8(15)6-18(11)24(21,22)9-2-3-12-10(5-9)17-13(19)7-23-12/h2-3,5,8,11H,4,6-7,15H2,1H3,(H,16,20)(H,17,19)/t8-,11+/m1/s1. The van der Waals surface area contributed by atoms with Gasteiger partial charge in [-0.15, -0.1) is 0 Å². The number of hydrogen-bond acceptors (Lipinski definition) is 6. The van der Waals surface area contributed by atoms with Crippen molar-refractivity contribution in [2.45, 2.75) is 23.4 Å². The van der Waals surface area contributed by atoms with E-state index in [9.17, 15) is 18.0 Å². The molecule has 0 aliphatic carbocycles. The molecule has 3 rings (SSSR count). The number of rotatable bonds is 3. The molecule has 1 saturated heterocycles. The predicted octanol–water partition coefficient (Wildman–Crippen LogP) is -1.15. The van der Waals surface area contributed by atoms with Gasteiger partial charge in [0.05, 0.1) is 10.6 Å². The Bertz CT molecular complexity index is 794. The number of hydrogen-bond donors (Lipinski definition) is 3. The largest absolute Gasteiger partial charge is 0.482 e. The summed E-state index contributed by atoms with van der Waals surface area (Å²) in [7, 11) is -2.49. The Morgan fingerprint density at radius 3 is 2.92 bits per heavy atom. The predicted molar refractivity (Wildman–Crippen MR) is 84.9 cm³/mol. The number of carbonyl (C=O) groups excluding carboxylic acids is 2. The molecule has 1 fully saturated rings. The summed E-state index contributed by atoms with van der Waals surface area (Å²) in [6, 6.07) is 2.93. The van der Waals surface area contributed by atoms with Crippen LogP contribution in [0.4, 0.5) is 5.69 Å². The third-order valence-corrected chi connectivity index (χ3v) is 5.90. The molecule has 0 bridgehead atoms. The zero-order chi connectivity index (χ0) is 17.5. The summed E-state index contributed by atoms with van der Waals surface area (Å²) in [6.45, 7) is -0.0564. The summed E-state index contributed by atoms with van der Waals surface area (Å²) >= 11 is 0. The molecule has 2 atom stereocenters. The van der Waals surface area contributed by atoms with Crippen molar-refractivity contribution in [3.8, 4) is 5.75 Å². The highest BCUT2D eigenvalue weighted by Gasteiger charge is 2.42. The second-order valence-electron chi connectivity index (χ2n) is 5.70. The quantitative estimate of drug-likeness (QED) is 0.628. The SMILES string of the molecule is CNC(=O)[C@@H]1C[C@@H](N)CN1S(=O)(=O)c1ccc2c(c1)NC(=O)CO2. The van der Waals surface area contributed by atoms with Crippen molar-refractivity contribution in [3.63, 3.8) is 0 Å². The minimum Gasteiger partial charge on any atom is -0.482 e. The van der Waals surface area contributed by atoms with Crippen molar-refractivity contribution in [1.82, 2.24) is 9.62 Å². The van der Waals surface area contributed by atoms with E-state index in [0.29, 0.717) is 5.75 Å². The minimum atomic E-state index is -3.94. The fourth-order valence-corrected chi connectivity index (χ4v) is 4.55. The Hall–Kier alpha value is -2.17. The van der Waals surface area contributed by atoms with Crippen LogP contribution in [0.2, 0.25) is 0 Å². The summed E-state index contributed by atoms with van der Waals surface area (Å²) < 4.78 is 32.1. The van der Waals surface area contributed by atoms with Crippen molar-refractivity contribution in [1.29, 1.82) is 0 Å². The van der Waals surface area contributed by atoms with Crippen LogP contribution < -0.4 is 21.1 Å². The number of anilines is 1. The molecule has 24 heavy (non-hydrogen) atoms. The van der Waals surface area contributed by atoms with E-state index in [1.54, 1.807) is 0 Å². The molecule has 2 aliphatic rings. The molecular weight excluding hydrogens is 336 g/mol. The Morgan fingerprint density at radius 1 is 1.46 bits per heavy atom. The summed E-state index contributed by atoms with van der Waals surface area (Å²) in [5.41, 5.74) is 6.13. The molecule has 2 amide bonds. The molecule has 130 valence electrons. The van der Waals surface area contributed by atoms with Crippen molar-refractivity contribution in [2.24, 2.45) is 5.73 Å². The van der Waals surface area contributed by atoms with Gasteiger partial charge >= 0.3 is 0 Å². The Kier molecular flexibility index (Phi) is 4.20. The van der Waals surface area contributed by atoms with Crippen molar-refractivity contribution in [3.05, 3.63) is 18.2 Å². The lowest BCUT2D eigenvalue weighted by molar-refractivity contribution is -0.123. The van der Waals surface area contributed by atoms with Gasteiger partial charge in [0, 0.05) is 19.6 Å². The first-order chi connectivity index (χ1) is 11.3. The number of nitrogens with zero attached hydrogens (tertiary/aromatic N) is 1. The van der Waals surface area contributed by atoms with Crippen LogP contribution in [-0.4, -0.2) is 56.8 Å². The molecule has 0 aromatic heterocycles. The number of amides is 2. The van der Waals surface area contributed by atoms with Crippen molar-refractivity contribution >= 4 is 27.5 Å². The molecule has 2 heterocycles. The summed E-state index contributed by atoms with van der Waals surface area (Å²) in [6.07, 6.45) is 0.254. The third-order valence-electron chi connectivity index (χ3n) is 4.03. The second-order valence-corrected chi connectivity index (χ2v) is 7.59. The van der Waals surface area contributed by atoms with Gasteiger partial charge in [0.2, 0.25) is 15.9 Å². The van der Waals surface area contributed by atoms with Crippen LogP contribution in [0, 0.1) is 0 Å². The van der Waals surface area contributed by atoms with E-state index < -0.39 is 28.0 Å². The third kappa shape index (κ3) is 2.83. The van der Waals surface area contributed by atoms with Gasteiger partial charge in [0.25, 0.3) is 5.91 Å². The van der Waals surface area contributed by atoms with E-state index in [0.717, 1.165) is 4.31 Å². The van der Waals surface area contributed by atoms with Gasteiger partial charge in [0.1, 0.15) is 11.8 Å². The van der Waals surface area contributed by atoms with Crippen LogP contribution in [-0.2, 0) is 19.6 Å². The Morgan fingerprint density at radius 2 is 2.21 bits per heavy atom. The van der Waals surface area contributed by atoms with Crippen molar-refractivity contribution < 1.29 is 22.7 Å². The van der Waals surface area contributed by atoms with Gasteiger partial charge in [-0.05, 0) is 24.6 Å². The first kappa shape index (κ1) is 16.7. The Balaban J connectivity index is 1.97. The number of ether oxygens (including phenoxy) is 1. The van der Waals surface area contributed by atoms with Crippen molar-refractivity contribution in [2.75, 3.05) is 25.5 Å². The monoisotopic (exact) mass is 354 g/mol. The maximum absolute atomic E-state index is 12.9. The highest BCUT2D eigenvalue weighted by molar-refractivity contribution is 7.89. The lowest BCUT2D eigenvalue weighted by Gasteiger charge is -2.24. The van der Waals surface area contributed by atoms with E-state index in [1.165, 1.54) is 25.2 Å². The summed E-state index contributed by atoms with van der Waals surface area (Å²) in [5, 5.41) is 5.03. The van der Waals surface area contributed by atoms with E-state index in [4.69, 9.17) is 10.5 Å². The first-order valence-corrected chi connectivity index (χ1v) is 8.82. The molecule has 10 heteroatoms. The number of likely N-dealkylation sites (N-methyl/N-ethyl adjacent to an activating group) is 1. The molecule has 2 aliphatic heterocycles.